The van der Waals surface area contributed by atoms with E-state index in [9.17, 15) is 17.6 Å². The van der Waals surface area contributed by atoms with Crippen molar-refractivity contribution in [3.63, 3.8) is 0 Å². The zero-order chi connectivity index (χ0) is 10.5. The van der Waals surface area contributed by atoms with Gasteiger partial charge >= 0.3 is 87.4 Å². The topological polar surface area (TPSA) is 26.0 Å². The number of hydrogen-bond acceptors (Lipinski definition) is 1. The van der Waals surface area contributed by atoms with Gasteiger partial charge in [0, 0.05) is 0 Å². The average molecular weight is 318 g/mol. The summed E-state index contributed by atoms with van der Waals surface area (Å²) in [7, 11) is 0. The van der Waals surface area contributed by atoms with E-state index >= 15 is 0 Å². The quantitative estimate of drug-likeness (QED) is 0.231. The Balaban J connectivity index is 2.69. The van der Waals surface area contributed by atoms with Crippen LogP contribution in [-0.4, -0.2) is 4.43 Å². The van der Waals surface area contributed by atoms with Crippen LogP contribution >= 0.6 is 0 Å². The molecule has 1 fully saturated rings. The van der Waals surface area contributed by atoms with Gasteiger partial charge < -0.3 is 0 Å². The third kappa shape index (κ3) is 1.35. The van der Waals surface area contributed by atoms with E-state index in [0.29, 0.717) is 4.43 Å². The van der Waals surface area contributed by atoms with Crippen molar-refractivity contribution in [1.29, 1.82) is 0 Å². The molecular formula is C8H5F4IN-. The van der Waals surface area contributed by atoms with Gasteiger partial charge in [-0.1, -0.05) is 0 Å². The summed E-state index contributed by atoms with van der Waals surface area (Å²) in [6.45, 7) is 0. The zero-order valence-electron chi connectivity index (χ0n) is 6.75. The van der Waals surface area contributed by atoms with Crippen molar-refractivity contribution in [2.45, 2.75) is 3.92 Å². The summed E-state index contributed by atoms with van der Waals surface area (Å²) in [4.78, 5) is 0. The Morgan fingerprint density at radius 3 is 1.79 bits per heavy atom. The van der Waals surface area contributed by atoms with E-state index in [1.54, 1.807) is 0 Å². The van der Waals surface area contributed by atoms with Crippen molar-refractivity contribution < 1.29 is 38.8 Å². The summed E-state index contributed by atoms with van der Waals surface area (Å²) in [5.41, 5.74) is 3.31. The van der Waals surface area contributed by atoms with Gasteiger partial charge in [-0.25, -0.2) is 0 Å². The predicted molar refractivity (Wildman–Crippen MR) is 38.3 cm³/mol. The Labute approximate surface area is 87.5 Å². The van der Waals surface area contributed by atoms with Gasteiger partial charge in [0.25, 0.3) is 0 Å². The van der Waals surface area contributed by atoms with E-state index in [2.05, 4.69) is 0 Å². The molecule has 2 N–H and O–H groups in total. The first-order valence-corrected chi connectivity index (χ1v) is 6.50. The second-order valence-electron chi connectivity index (χ2n) is 2.86. The molecule has 1 saturated heterocycles. The van der Waals surface area contributed by atoms with E-state index in [-0.39, 0.29) is 25.1 Å². The molecular weight excluding hydrogens is 313 g/mol. The molecule has 0 bridgehead atoms. The monoisotopic (exact) mass is 318 g/mol. The van der Waals surface area contributed by atoms with Crippen LogP contribution in [0.4, 0.5) is 23.2 Å². The summed E-state index contributed by atoms with van der Waals surface area (Å²) in [5, 5.41) is 0. The molecule has 0 amide bonds. The molecule has 0 aliphatic carbocycles. The Morgan fingerprint density at radius 1 is 1.00 bits per heavy atom. The van der Waals surface area contributed by atoms with E-state index in [1.807, 2.05) is 0 Å². The maximum atomic E-state index is 13.2. The summed E-state index contributed by atoms with van der Waals surface area (Å²) >= 11 is -0.328. The molecule has 0 saturated carbocycles. The Morgan fingerprint density at radius 2 is 1.43 bits per heavy atom. The second kappa shape index (κ2) is 3.25. The molecule has 1 nitrogen and oxygen atoms in total. The van der Waals surface area contributed by atoms with Gasteiger partial charge in [-0.15, -0.1) is 0 Å². The maximum absolute atomic E-state index is 13.2. The normalized spacial score (nSPS) is 20.4. The van der Waals surface area contributed by atoms with Crippen molar-refractivity contribution in [3.05, 3.63) is 28.8 Å². The number of alkyl halides is 2. The molecule has 0 aromatic heterocycles. The minimum absolute atomic E-state index is 0.293. The fourth-order valence-corrected chi connectivity index (χ4v) is 2.82. The molecule has 0 radical (unpaired) electrons. The second-order valence-corrected chi connectivity index (χ2v) is 6.12. The Bertz CT molecular complexity index is 374. The van der Waals surface area contributed by atoms with E-state index < -0.39 is 34.5 Å². The molecule has 1 aromatic carbocycles. The van der Waals surface area contributed by atoms with Crippen molar-refractivity contribution in [1.82, 2.24) is 0 Å². The predicted octanol–water partition coefficient (Wildman–Crippen LogP) is -1.03. The van der Waals surface area contributed by atoms with Gasteiger partial charge in [0.1, 0.15) is 0 Å². The van der Waals surface area contributed by atoms with Gasteiger partial charge in [0.2, 0.25) is 0 Å². The molecule has 1 aromatic rings. The summed E-state index contributed by atoms with van der Waals surface area (Å²) < 4.78 is 52.5. The number of halogens is 5. The number of hydrogen-bond donors (Lipinski definition) is 1. The van der Waals surface area contributed by atoms with Crippen LogP contribution in [0, 0.1) is 23.3 Å². The van der Waals surface area contributed by atoms with Crippen LogP contribution in [0.15, 0.2) is 0 Å². The first-order valence-electron chi connectivity index (χ1n) is 3.73. The molecule has 2 rings (SSSR count). The third-order valence-corrected chi connectivity index (χ3v) is 4.34. The molecule has 6 heteroatoms. The van der Waals surface area contributed by atoms with Crippen LogP contribution in [0.3, 0.4) is 0 Å². The van der Waals surface area contributed by atoms with Crippen LogP contribution < -0.4 is 26.9 Å². The summed E-state index contributed by atoms with van der Waals surface area (Å²) in [5.74, 6) is -5.61. The Kier molecular flexibility index (Phi) is 2.32. The van der Waals surface area contributed by atoms with Crippen molar-refractivity contribution in [3.8, 4) is 0 Å². The minimum atomic E-state index is -1.48. The molecule has 78 valence electrons. The molecule has 1 heterocycles. The first kappa shape index (κ1) is 10.0. The van der Waals surface area contributed by atoms with Crippen LogP contribution in [0.5, 0.6) is 0 Å². The van der Waals surface area contributed by atoms with Gasteiger partial charge in [0.05, 0.1) is 0 Å². The summed E-state index contributed by atoms with van der Waals surface area (Å²) in [6.07, 6.45) is 0. The van der Waals surface area contributed by atoms with Gasteiger partial charge in [0.15, 0.2) is 0 Å². The van der Waals surface area contributed by atoms with Crippen molar-refractivity contribution in [2.75, 3.05) is 10.2 Å². The molecule has 1 atom stereocenters. The fourth-order valence-electron chi connectivity index (χ4n) is 1.14. The van der Waals surface area contributed by atoms with Gasteiger partial charge in [-0.05, 0) is 0 Å². The molecule has 14 heavy (non-hydrogen) atoms. The molecule has 1 aliphatic heterocycles. The van der Waals surface area contributed by atoms with Crippen LogP contribution in [-0.2, 0) is 0 Å². The zero-order valence-corrected chi connectivity index (χ0v) is 8.91. The van der Waals surface area contributed by atoms with Crippen molar-refractivity contribution in [2.24, 2.45) is 0 Å². The number of nitrogen functional groups attached to an aromatic ring is 1. The average Bonchev–Trinajstić information content (AvgIpc) is 2.96. The molecule has 0 spiro atoms. The number of rotatable bonds is 1. The van der Waals surface area contributed by atoms with Crippen LogP contribution in [0.25, 0.3) is 0 Å². The standard InChI is InChI=1S/C8H5F4IN/c9-4-3(2-1-13-2)5(10)7(12)8(14)6(4)11/h2H,1,14H2/q-1/t2-/m1/s1. The molecule has 1 aliphatic rings. The summed E-state index contributed by atoms with van der Waals surface area (Å²) in [6, 6.07) is 0. The molecule has 0 unspecified atom stereocenters. The van der Waals surface area contributed by atoms with Crippen LogP contribution in [0.1, 0.15) is 9.49 Å². The Hall–Kier alpha value is -0.530. The van der Waals surface area contributed by atoms with E-state index in [4.69, 9.17) is 5.73 Å². The number of nitrogens with two attached hydrogens (primary N) is 1. The van der Waals surface area contributed by atoms with E-state index in [0.717, 1.165) is 0 Å². The SMILES string of the molecule is Nc1c(F)c(F)c([C@H]2C[I-]2)c(F)c1F. The van der Waals surface area contributed by atoms with Gasteiger partial charge in [-0.2, -0.15) is 0 Å². The fraction of sp³-hybridized carbons (Fsp3) is 0.250. The van der Waals surface area contributed by atoms with E-state index in [1.165, 1.54) is 0 Å². The van der Waals surface area contributed by atoms with Gasteiger partial charge in [-0.3, -0.25) is 0 Å². The third-order valence-electron chi connectivity index (χ3n) is 1.95. The number of anilines is 1. The number of benzene rings is 1. The van der Waals surface area contributed by atoms with Crippen molar-refractivity contribution >= 4 is 5.69 Å². The van der Waals surface area contributed by atoms with Crippen LogP contribution in [0.2, 0.25) is 0 Å². The first-order chi connectivity index (χ1) is 6.54.